The van der Waals surface area contributed by atoms with Crippen LogP contribution in [-0.4, -0.2) is 43.0 Å². The van der Waals surface area contributed by atoms with Crippen LogP contribution in [0, 0.1) is 0 Å². The van der Waals surface area contributed by atoms with Gasteiger partial charge in [0.05, 0.1) is 18.4 Å². The molecule has 1 atom stereocenters. The van der Waals surface area contributed by atoms with Crippen LogP contribution in [0.3, 0.4) is 0 Å². The van der Waals surface area contributed by atoms with Gasteiger partial charge in [-0.05, 0) is 44.0 Å². The molecule has 2 amide bonds. The molecule has 0 aliphatic carbocycles. The average Bonchev–Trinajstić information content (AvgIpc) is 3.23. The number of hydrogen-bond acceptors (Lipinski definition) is 4. The van der Waals surface area contributed by atoms with E-state index in [0.29, 0.717) is 22.7 Å². The molecule has 2 aromatic carbocycles. The van der Waals surface area contributed by atoms with Crippen molar-refractivity contribution in [1.82, 2.24) is 4.90 Å². The van der Waals surface area contributed by atoms with Crippen LogP contribution in [0.4, 0.5) is 5.69 Å². The highest BCUT2D eigenvalue weighted by atomic mass is 16.5. The lowest BCUT2D eigenvalue weighted by Crippen LogP contribution is -2.32. The molecule has 1 aliphatic rings. The Morgan fingerprint density at radius 3 is 2.33 bits per heavy atom. The van der Waals surface area contributed by atoms with E-state index in [0.717, 1.165) is 25.9 Å². The van der Waals surface area contributed by atoms with Gasteiger partial charge < -0.3 is 19.7 Å². The summed E-state index contributed by atoms with van der Waals surface area (Å²) in [6.07, 6.45) is 1.28. The highest BCUT2D eigenvalue weighted by molar-refractivity contribution is 6.04. The minimum atomic E-state index is -0.753. The summed E-state index contributed by atoms with van der Waals surface area (Å²) in [5.41, 5.74) is 0.993. The third-order valence-electron chi connectivity index (χ3n) is 4.55. The molecule has 1 N–H and O–H groups in total. The number of amides is 2. The molecule has 142 valence electrons. The van der Waals surface area contributed by atoms with E-state index in [1.165, 1.54) is 0 Å². The zero-order valence-electron chi connectivity index (χ0n) is 15.6. The summed E-state index contributed by atoms with van der Waals surface area (Å²) in [7, 11) is 1.55. The van der Waals surface area contributed by atoms with Gasteiger partial charge >= 0.3 is 0 Å². The van der Waals surface area contributed by atoms with E-state index in [1.54, 1.807) is 50.4 Å². The van der Waals surface area contributed by atoms with Gasteiger partial charge in [0.2, 0.25) is 0 Å². The van der Waals surface area contributed by atoms with E-state index in [9.17, 15) is 9.59 Å². The molecule has 3 rings (SSSR count). The van der Waals surface area contributed by atoms with Crippen molar-refractivity contribution in [3.05, 3.63) is 54.1 Å². The fourth-order valence-electron chi connectivity index (χ4n) is 3.06. The topological polar surface area (TPSA) is 67.9 Å². The van der Waals surface area contributed by atoms with Crippen LogP contribution in [0.2, 0.25) is 0 Å². The molecule has 1 saturated heterocycles. The Labute approximate surface area is 159 Å². The van der Waals surface area contributed by atoms with E-state index in [1.807, 2.05) is 17.0 Å². The second kappa shape index (κ2) is 8.58. The van der Waals surface area contributed by atoms with Crippen LogP contribution in [0.5, 0.6) is 11.5 Å². The number of carbonyl (C=O) groups is 2. The van der Waals surface area contributed by atoms with Gasteiger partial charge in [-0.15, -0.1) is 0 Å². The van der Waals surface area contributed by atoms with Crippen LogP contribution in [0.1, 0.15) is 30.1 Å². The molecule has 1 aliphatic heterocycles. The minimum absolute atomic E-state index is 0.0540. The maximum atomic E-state index is 12.7. The molecule has 6 heteroatoms. The molecule has 0 bridgehead atoms. The molecule has 0 aromatic heterocycles. The summed E-state index contributed by atoms with van der Waals surface area (Å²) in [6.45, 7) is 3.18. The second-order valence-corrected chi connectivity index (χ2v) is 6.45. The molecule has 6 nitrogen and oxygen atoms in total. The third kappa shape index (κ3) is 4.39. The summed E-state index contributed by atoms with van der Waals surface area (Å²) < 4.78 is 11.0. The minimum Gasteiger partial charge on any atom is -0.493 e. The Hall–Kier alpha value is -3.02. The number of likely N-dealkylation sites (tertiary alicyclic amines) is 1. The van der Waals surface area contributed by atoms with E-state index in [4.69, 9.17) is 9.47 Å². The largest absolute Gasteiger partial charge is 0.493 e. The number of carbonyl (C=O) groups excluding carboxylic acids is 2. The quantitative estimate of drug-likeness (QED) is 0.849. The average molecular weight is 368 g/mol. The van der Waals surface area contributed by atoms with Gasteiger partial charge in [0.15, 0.2) is 17.6 Å². The van der Waals surface area contributed by atoms with Crippen molar-refractivity contribution in [1.29, 1.82) is 0 Å². The maximum absolute atomic E-state index is 12.7. The number of nitrogens with zero attached hydrogens (tertiary/aromatic N) is 1. The first-order valence-electron chi connectivity index (χ1n) is 9.09. The normalized spacial score (nSPS) is 14.5. The number of nitrogens with one attached hydrogen (secondary N) is 1. The lowest BCUT2D eigenvalue weighted by atomic mass is 10.1. The number of hydrogen-bond donors (Lipinski definition) is 1. The van der Waals surface area contributed by atoms with Crippen molar-refractivity contribution < 1.29 is 19.1 Å². The van der Waals surface area contributed by atoms with E-state index >= 15 is 0 Å². The first kappa shape index (κ1) is 18.8. The molecular weight excluding hydrogens is 344 g/mol. The molecule has 0 saturated carbocycles. The SMILES string of the molecule is COc1ccccc1OC(C)C(=O)Nc1ccccc1C(=O)N1CCCC1. The number of para-hydroxylation sites is 3. The number of benzene rings is 2. The lowest BCUT2D eigenvalue weighted by molar-refractivity contribution is -0.122. The van der Waals surface area contributed by atoms with Crippen molar-refractivity contribution in [3.8, 4) is 11.5 Å². The Bertz CT molecular complexity index is 815. The molecule has 0 spiro atoms. The van der Waals surface area contributed by atoms with E-state index < -0.39 is 6.10 Å². The Kier molecular flexibility index (Phi) is 5.96. The summed E-state index contributed by atoms with van der Waals surface area (Å²) in [5, 5.41) is 2.82. The maximum Gasteiger partial charge on any atom is 0.265 e. The molecular formula is C21H24N2O4. The van der Waals surface area contributed by atoms with Crippen molar-refractivity contribution in [2.24, 2.45) is 0 Å². The van der Waals surface area contributed by atoms with Crippen molar-refractivity contribution in [3.63, 3.8) is 0 Å². The monoisotopic (exact) mass is 368 g/mol. The Balaban J connectivity index is 1.71. The second-order valence-electron chi connectivity index (χ2n) is 6.45. The van der Waals surface area contributed by atoms with Crippen LogP contribution in [0.25, 0.3) is 0 Å². The van der Waals surface area contributed by atoms with Gasteiger partial charge in [-0.2, -0.15) is 0 Å². The standard InChI is InChI=1S/C21H24N2O4/c1-15(27-19-12-6-5-11-18(19)26-2)20(24)22-17-10-4-3-9-16(17)21(25)23-13-7-8-14-23/h3-6,9-12,15H,7-8,13-14H2,1-2H3,(H,22,24). The van der Waals surface area contributed by atoms with Crippen molar-refractivity contribution in [2.75, 3.05) is 25.5 Å². The number of anilines is 1. The number of rotatable bonds is 6. The predicted molar refractivity (Wildman–Crippen MR) is 103 cm³/mol. The third-order valence-corrected chi connectivity index (χ3v) is 4.55. The number of ether oxygens (including phenoxy) is 2. The molecule has 1 unspecified atom stereocenters. The molecule has 0 radical (unpaired) electrons. The lowest BCUT2D eigenvalue weighted by Gasteiger charge is -2.20. The van der Waals surface area contributed by atoms with Crippen LogP contribution in [-0.2, 0) is 4.79 Å². The van der Waals surface area contributed by atoms with Crippen LogP contribution < -0.4 is 14.8 Å². The summed E-state index contributed by atoms with van der Waals surface area (Å²) in [4.78, 5) is 27.2. The molecule has 1 fully saturated rings. The highest BCUT2D eigenvalue weighted by Crippen LogP contribution is 2.27. The summed E-state index contributed by atoms with van der Waals surface area (Å²) in [6, 6.07) is 14.2. The van der Waals surface area contributed by atoms with Gasteiger partial charge in [0.25, 0.3) is 11.8 Å². The van der Waals surface area contributed by atoms with Gasteiger partial charge in [0.1, 0.15) is 0 Å². The first-order chi connectivity index (χ1) is 13.1. The smallest absolute Gasteiger partial charge is 0.265 e. The first-order valence-corrected chi connectivity index (χ1v) is 9.09. The predicted octanol–water partition coefficient (Wildman–Crippen LogP) is 3.34. The summed E-state index contributed by atoms with van der Waals surface area (Å²) in [5.74, 6) is 0.662. The van der Waals surface area contributed by atoms with Crippen molar-refractivity contribution >= 4 is 17.5 Å². The Morgan fingerprint density at radius 1 is 1.00 bits per heavy atom. The van der Waals surface area contributed by atoms with Crippen molar-refractivity contribution in [2.45, 2.75) is 25.9 Å². The zero-order valence-corrected chi connectivity index (χ0v) is 15.6. The fraction of sp³-hybridized carbons (Fsp3) is 0.333. The molecule has 2 aromatic rings. The molecule has 27 heavy (non-hydrogen) atoms. The van der Waals surface area contributed by atoms with Gasteiger partial charge in [-0.25, -0.2) is 0 Å². The highest BCUT2D eigenvalue weighted by Gasteiger charge is 2.24. The fourth-order valence-corrected chi connectivity index (χ4v) is 3.06. The van der Waals surface area contributed by atoms with Crippen LogP contribution >= 0.6 is 0 Å². The van der Waals surface area contributed by atoms with Gasteiger partial charge in [-0.3, -0.25) is 9.59 Å². The van der Waals surface area contributed by atoms with Crippen LogP contribution in [0.15, 0.2) is 48.5 Å². The Morgan fingerprint density at radius 2 is 1.63 bits per heavy atom. The van der Waals surface area contributed by atoms with Gasteiger partial charge in [0, 0.05) is 13.1 Å². The summed E-state index contributed by atoms with van der Waals surface area (Å²) >= 11 is 0. The zero-order chi connectivity index (χ0) is 19.2. The number of methoxy groups -OCH3 is 1. The van der Waals surface area contributed by atoms with E-state index in [-0.39, 0.29) is 11.8 Å². The molecule has 1 heterocycles. The van der Waals surface area contributed by atoms with E-state index in [2.05, 4.69) is 5.32 Å². The van der Waals surface area contributed by atoms with Gasteiger partial charge in [-0.1, -0.05) is 24.3 Å².